The molecule has 1 amide bonds. The van der Waals surface area contributed by atoms with Crippen molar-refractivity contribution in [1.82, 2.24) is 5.43 Å². The van der Waals surface area contributed by atoms with Crippen molar-refractivity contribution in [2.24, 2.45) is 5.10 Å². The molecule has 4 heteroatoms. The Labute approximate surface area is 158 Å². The summed E-state index contributed by atoms with van der Waals surface area (Å²) in [5, 5.41) is 4.25. The summed E-state index contributed by atoms with van der Waals surface area (Å²) in [5.74, 6) is -0.266. The van der Waals surface area contributed by atoms with E-state index in [-0.39, 0.29) is 24.5 Å². The van der Waals surface area contributed by atoms with E-state index < -0.39 is 0 Å². The molecule has 0 fully saturated rings. The van der Waals surface area contributed by atoms with E-state index in [4.69, 9.17) is 0 Å². The highest BCUT2D eigenvalue weighted by molar-refractivity contribution is 6.15. The van der Waals surface area contributed by atoms with Crippen molar-refractivity contribution in [2.75, 3.05) is 0 Å². The molecule has 4 nitrogen and oxygen atoms in total. The van der Waals surface area contributed by atoms with E-state index in [1.165, 1.54) is 0 Å². The molecule has 3 rings (SSSR count). The van der Waals surface area contributed by atoms with Gasteiger partial charge in [-0.2, -0.15) is 5.10 Å². The normalized spacial score (nSPS) is 11.0. The van der Waals surface area contributed by atoms with Crippen LogP contribution in [0.2, 0.25) is 0 Å². The molecule has 0 aliphatic heterocycles. The van der Waals surface area contributed by atoms with Crippen LogP contribution in [-0.4, -0.2) is 17.4 Å². The first-order valence-electron chi connectivity index (χ1n) is 8.75. The van der Waals surface area contributed by atoms with E-state index in [9.17, 15) is 9.59 Å². The van der Waals surface area contributed by atoms with E-state index in [0.29, 0.717) is 11.3 Å². The van der Waals surface area contributed by atoms with Crippen LogP contribution < -0.4 is 5.43 Å². The number of benzene rings is 3. The molecule has 0 saturated carbocycles. The molecule has 0 aliphatic rings. The maximum absolute atomic E-state index is 12.6. The van der Waals surface area contributed by atoms with Crippen LogP contribution in [0.25, 0.3) is 0 Å². The number of Topliss-reactive ketones (excluding diaryl/α,β-unsaturated/α-hetero) is 1. The van der Waals surface area contributed by atoms with Crippen LogP contribution >= 0.6 is 0 Å². The number of hydrogen-bond acceptors (Lipinski definition) is 3. The number of hydrogen-bond donors (Lipinski definition) is 1. The minimum Gasteiger partial charge on any atom is -0.294 e. The van der Waals surface area contributed by atoms with Crippen LogP contribution in [0, 0.1) is 0 Å². The molecule has 0 atom stereocenters. The lowest BCUT2D eigenvalue weighted by molar-refractivity contribution is -0.120. The Hall–Kier alpha value is -3.53. The number of ketones is 1. The summed E-state index contributed by atoms with van der Waals surface area (Å²) in [4.78, 5) is 24.8. The SMILES string of the molecule is O=C(Cc1ccccc1)N/N=C(\CC(=O)c1ccccc1)c1ccccc1. The molecule has 134 valence electrons. The van der Waals surface area contributed by atoms with Gasteiger partial charge in [0.15, 0.2) is 5.78 Å². The van der Waals surface area contributed by atoms with Crippen molar-refractivity contribution in [3.63, 3.8) is 0 Å². The van der Waals surface area contributed by atoms with Crippen LogP contribution in [0.15, 0.2) is 96.1 Å². The maximum atomic E-state index is 12.6. The zero-order valence-electron chi connectivity index (χ0n) is 14.8. The summed E-state index contributed by atoms with van der Waals surface area (Å²) in [7, 11) is 0. The Kier molecular flexibility index (Phi) is 6.26. The fourth-order valence-electron chi connectivity index (χ4n) is 2.67. The van der Waals surface area contributed by atoms with Gasteiger partial charge in [0.1, 0.15) is 0 Å². The molecule has 0 spiro atoms. The minimum absolute atomic E-state index is 0.0458. The Morgan fingerprint density at radius 2 is 1.22 bits per heavy atom. The summed E-state index contributed by atoms with van der Waals surface area (Å²) in [6, 6.07) is 27.9. The second-order valence-corrected chi connectivity index (χ2v) is 6.09. The summed E-state index contributed by atoms with van der Waals surface area (Å²) in [6.45, 7) is 0. The zero-order chi connectivity index (χ0) is 18.9. The average molecular weight is 356 g/mol. The minimum atomic E-state index is -0.221. The Morgan fingerprint density at radius 3 is 1.81 bits per heavy atom. The van der Waals surface area contributed by atoms with E-state index in [1.807, 2.05) is 78.9 Å². The predicted molar refractivity (Wildman–Crippen MR) is 107 cm³/mol. The van der Waals surface area contributed by atoms with E-state index >= 15 is 0 Å². The fourth-order valence-corrected chi connectivity index (χ4v) is 2.67. The lowest BCUT2D eigenvalue weighted by Gasteiger charge is -2.08. The first-order valence-corrected chi connectivity index (χ1v) is 8.75. The first kappa shape index (κ1) is 18.3. The third-order valence-electron chi connectivity index (χ3n) is 4.05. The molecular weight excluding hydrogens is 336 g/mol. The number of nitrogens with one attached hydrogen (secondary N) is 1. The lowest BCUT2D eigenvalue weighted by atomic mass is 10.0. The van der Waals surface area contributed by atoms with Crippen LogP contribution in [0.5, 0.6) is 0 Å². The number of amides is 1. The lowest BCUT2D eigenvalue weighted by Crippen LogP contribution is -2.23. The van der Waals surface area contributed by atoms with Gasteiger partial charge in [-0.05, 0) is 11.1 Å². The molecule has 0 saturated heterocycles. The Balaban J connectivity index is 1.74. The number of carbonyl (C=O) groups excluding carboxylic acids is 2. The predicted octanol–water partition coefficient (Wildman–Crippen LogP) is 4.02. The third kappa shape index (κ3) is 5.47. The monoisotopic (exact) mass is 356 g/mol. The molecule has 27 heavy (non-hydrogen) atoms. The molecule has 1 N–H and O–H groups in total. The van der Waals surface area contributed by atoms with E-state index in [2.05, 4.69) is 10.5 Å². The van der Waals surface area contributed by atoms with Crippen molar-refractivity contribution >= 4 is 17.4 Å². The highest BCUT2D eigenvalue weighted by atomic mass is 16.2. The summed E-state index contributed by atoms with van der Waals surface area (Å²) in [5.41, 5.74) is 5.45. The van der Waals surface area contributed by atoms with Crippen molar-refractivity contribution in [1.29, 1.82) is 0 Å². The standard InChI is InChI=1S/C23H20N2O2/c26-22(20-14-8-3-9-15-20)17-21(19-12-6-2-7-13-19)24-25-23(27)16-18-10-4-1-5-11-18/h1-15H,16-17H2,(H,25,27)/b24-21+. The van der Waals surface area contributed by atoms with Crippen molar-refractivity contribution < 1.29 is 9.59 Å². The second kappa shape index (κ2) is 9.25. The van der Waals surface area contributed by atoms with E-state index in [0.717, 1.165) is 11.1 Å². The average Bonchev–Trinajstić information content (AvgIpc) is 2.73. The van der Waals surface area contributed by atoms with Gasteiger partial charge in [-0.25, -0.2) is 5.43 Å². The number of nitrogens with zero attached hydrogens (tertiary/aromatic N) is 1. The molecule has 0 unspecified atom stereocenters. The van der Waals surface area contributed by atoms with Crippen LogP contribution in [0.4, 0.5) is 0 Å². The molecular formula is C23H20N2O2. The van der Waals surface area contributed by atoms with Gasteiger partial charge in [0.05, 0.1) is 18.6 Å². The molecule has 0 heterocycles. The van der Waals surface area contributed by atoms with Crippen LogP contribution in [0.1, 0.15) is 27.9 Å². The van der Waals surface area contributed by atoms with Gasteiger partial charge in [-0.3, -0.25) is 9.59 Å². The fraction of sp³-hybridized carbons (Fsp3) is 0.0870. The highest BCUT2D eigenvalue weighted by Gasteiger charge is 2.13. The summed E-state index contributed by atoms with van der Waals surface area (Å²) in [6.07, 6.45) is 0.346. The topological polar surface area (TPSA) is 58.5 Å². The molecule has 0 aliphatic carbocycles. The van der Waals surface area contributed by atoms with Crippen LogP contribution in [0.3, 0.4) is 0 Å². The van der Waals surface area contributed by atoms with Gasteiger partial charge in [0.25, 0.3) is 0 Å². The van der Waals surface area contributed by atoms with Gasteiger partial charge in [-0.15, -0.1) is 0 Å². The molecule has 3 aromatic rings. The molecule has 0 aromatic heterocycles. The summed E-state index contributed by atoms with van der Waals surface area (Å²) >= 11 is 0. The number of hydrazone groups is 1. The first-order chi connectivity index (χ1) is 13.2. The second-order valence-electron chi connectivity index (χ2n) is 6.09. The van der Waals surface area contributed by atoms with Crippen molar-refractivity contribution in [3.05, 3.63) is 108 Å². The Morgan fingerprint density at radius 1 is 0.704 bits per heavy atom. The van der Waals surface area contributed by atoms with Gasteiger partial charge in [0, 0.05) is 5.56 Å². The van der Waals surface area contributed by atoms with Gasteiger partial charge in [-0.1, -0.05) is 91.0 Å². The summed E-state index contributed by atoms with van der Waals surface area (Å²) < 4.78 is 0. The quantitative estimate of drug-likeness (QED) is 0.395. The smallest absolute Gasteiger partial charge is 0.244 e. The molecule has 3 aromatic carbocycles. The zero-order valence-corrected chi connectivity index (χ0v) is 14.8. The molecule has 0 bridgehead atoms. The van der Waals surface area contributed by atoms with Crippen LogP contribution in [-0.2, 0) is 11.2 Å². The number of carbonyl (C=O) groups is 2. The maximum Gasteiger partial charge on any atom is 0.244 e. The third-order valence-corrected chi connectivity index (χ3v) is 4.05. The highest BCUT2D eigenvalue weighted by Crippen LogP contribution is 2.10. The largest absolute Gasteiger partial charge is 0.294 e. The number of rotatable bonds is 7. The van der Waals surface area contributed by atoms with Gasteiger partial charge < -0.3 is 0 Å². The molecule has 0 radical (unpaired) electrons. The van der Waals surface area contributed by atoms with Crippen molar-refractivity contribution in [3.8, 4) is 0 Å². The van der Waals surface area contributed by atoms with Gasteiger partial charge >= 0.3 is 0 Å². The Bertz CT molecular complexity index is 920. The van der Waals surface area contributed by atoms with Gasteiger partial charge in [0.2, 0.25) is 5.91 Å². The van der Waals surface area contributed by atoms with Crippen molar-refractivity contribution in [2.45, 2.75) is 12.8 Å². The van der Waals surface area contributed by atoms with E-state index in [1.54, 1.807) is 12.1 Å².